The fourth-order valence-electron chi connectivity index (χ4n) is 0.987. The van der Waals surface area contributed by atoms with E-state index in [1.54, 1.807) is 4.90 Å². The van der Waals surface area contributed by atoms with Gasteiger partial charge in [0.05, 0.1) is 0 Å². The zero-order chi connectivity index (χ0) is 11.2. The molecule has 0 aromatic carbocycles. The van der Waals surface area contributed by atoms with E-state index in [0.717, 1.165) is 13.0 Å². The van der Waals surface area contributed by atoms with Gasteiger partial charge in [0.15, 0.2) is 0 Å². The van der Waals surface area contributed by atoms with E-state index >= 15 is 0 Å². The van der Waals surface area contributed by atoms with Gasteiger partial charge in [-0.1, -0.05) is 20.8 Å². The number of carbonyl (C=O) groups is 1. The largest absolute Gasteiger partial charge is 0.439 e. The molecule has 0 N–H and O–H groups in total. The molecule has 0 aliphatic carbocycles. The fourth-order valence-corrected chi connectivity index (χ4v) is 1.25. The molecule has 84 valence electrons. The van der Waals surface area contributed by atoms with Crippen LogP contribution in [-0.2, 0) is 4.74 Å². The Morgan fingerprint density at radius 1 is 1.43 bits per heavy atom. The Balaban J connectivity index is 3.97. The third kappa shape index (κ3) is 6.45. The molecule has 0 fully saturated rings. The number of rotatable bonds is 4. The Morgan fingerprint density at radius 2 is 2.00 bits per heavy atom. The lowest BCUT2D eigenvalue weighted by Crippen LogP contribution is -2.33. The first kappa shape index (κ1) is 14.0. The molecule has 0 saturated heterocycles. The van der Waals surface area contributed by atoms with Gasteiger partial charge in [-0.15, -0.1) is 0 Å². The SMILES string of the molecule is CCN(CCC(C)(C)C)C(=O)OCI. The van der Waals surface area contributed by atoms with Crippen LogP contribution in [0, 0.1) is 5.41 Å². The van der Waals surface area contributed by atoms with E-state index in [1.807, 2.05) is 29.5 Å². The Bertz CT molecular complexity index is 177. The predicted molar refractivity (Wildman–Crippen MR) is 66.7 cm³/mol. The first-order chi connectivity index (χ1) is 6.40. The summed E-state index contributed by atoms with van der Waals surface area (Å²) >= 11 is 2.03. The summed E-state index contributed by atoms with van der Waals surface area (Å²) in [7, 11) is 0. The minimum atomic E-state index is -0.203. The van der Waals surface area contributed by atoms with Crippen molar-refractivity contribution in [3.8, 4) is 0 Å². The van der Waals surface area contributed by atoms with Crippen LogP contribution in [0.2, 0.25) is 0 Å². The molecule has 0 rings (SSSR count). The summed E-state index contributed by atoms with van der Waals surface area (Å²) in [6.07, 6.45) is 0.795. The van der Waals surface area contributed by atoms with Crippen LogP contribution < -0.4 is 0 Å². The fraction of sp³-hybridized carbons (Fsp3) is 0.900. The van der Waals surface area contributed by atoms with Gasteiger partial charge in [-0.25, -0.2) is 4.79 Å². The molecule has 0 bridgehead atoms. The lowest BCUT2D eigenvalue weighted by atomic mass is 9.92. The van der Waals surface area contributed by atoms with E-state index in [1.165, 1.54) is 0 Å². The van der Waals surface area contributed by atoms with Crippen molar-refractivity contribution in [3.63, 3.8) is 0 Å². The van der Waals surface area contributed by atoms with Crippen molar-refractivity contribution in [2.24, 2.45) is 5.41 Å². The van der Waals surface area contributed by atoms with Gasteiger partial charge in [0, 0.05) is 13.1 Å². The van der Waals surface area contributed by atoms with Gasteiger partial charge in [0.1, 0.15) is 4.61 Å². The third-order valence-electron chi connectivity index (χ3n) is 1.95. The summed E-state index contributed by atoms with van der Waals surface area (Å²) in [6, 6.07) is 0. The molecule has 0 aliphatic rings. The highest BCUT2D eigenvalue weighted by molar-refractivity contribution is 14.1. The lowest BCUT2D eigenvalue weighted by molar-refractivity contribution is 0.118. The molecule has 1 amide bonds. The molecule has 3 nitrogen and oxygen atoms in total. The number of nitrogens with zero attached hydrogens (tertiary/aromatic N) is 1. The number of hydrogen-bond acceptors (Lipinski definition) is 2. The highest BCUT2D eigenvalue weighted by Gasteiger charge is 2.16. The summed E-state index contributed by atoms with van der Waals surface area (Å²) in [4.78, 5) is 13.1. The molecule has 0 aromatic rings. The van der Waals surface area contributed by atoms with Gasteiger partial charge in [0.2, 0.25) is 0 Å². The molecular weight excluding hydrogens is 293 g/mol. The quantitative estimate of drug-likeness (QED) is 0.589. The van der Waals surface area contributed by atoms with Gasteiger partial charge >= 0.3 is 6.09 Å². The molecule has 4 heteroatoms. The summed E-state index contributed by atoms with van der Waals surface area (Å²) in [6.45, 7) is 9.97. The van der Waals surface area contributed by atoms with Crippen molar-refractivity contribution in [3.05, 3.63) is 0 Å². The summed E-state index contributed by atoms with van der Waals surface area (Å²) in [5.41, 5.74) is 0.262. The molecule has 14 heavy (non-hydrogen) atoms. The van der Waals surface area contributed by atoms with Crippen molar-refractivity contribution in [2.45, 2.75) is 34.1 Å². The van der Waals surface area contributed by atoms with E-state index in [0.29, 0.717) is 11.2 Å². The normalized spacial score (nSPS) is 11.2. The van der Waals surface area contributed by atoms with Gasteiger partial charge in [-0.05, 0) is 41.4 Å². The van der Waals surface area contributed by atoms with Crippen LogP contribution >= 0.6 is 22.6 Å². The monoisotopic (exact) mass is 313 g/mol. The Kier molecular flexibility index (Phi) is 6.48. The van der Waals surface area contributed by atoms with Crippen molar-refractivity contribution < 1.29 is 9.53 Å². The van der Waals surface area contributed by atoms with Crippen LogP contribution in [0.3, 0.4) is 0 Å². The Labute approximate surface area is 100 Å². The highest BCUT2D eigenvalue weighted by Crippen LogP contribution is 2.18. The average Bonchev–Trinajstić information content (AvgIpc) is 2.03. The number of alkyl halides is 1. The maximum atomic E-state index is 11.4. The first-order valence-corrected chi connectivity index (χ1v) is 6.41. The summed E-state index contributed by atoms with van der Waals surface area (Å²) < 4.78 is 5.35. The number of carbonyl (C=O) groups excluding carboxylic acids is 1. The maximum absolute atomic E-state index is 11.4. The number of amides is 1. The molecular formula is C10H20INO2. The topological polar surface area (TPSA) is 29.5 Å². The molecule has 0 saturated carbocycles. The molecule has 0 unspecified atom stereocenters. The van der Waals surface area contributed by atoms with Crippen LogP contribution in [-0.4, -0.2) is 28.7 Å². The standard InChI is InChI=1S/C10H20INO2/c1-5-12(9(13)14-8-11)7-6-10(2,3)4/h5-8H2,1-4H3. The summed E-state index contributed by atoms with van der Waals surface area (Å²) in [5, 5.41) is 0. The highest BCUT2D eigenvalue weighted by atomic mass is 127. The molecule has 0 aromatic heterocycles. The van der Waals surface area contributed by atoms with Gasteiger partial charge in [0.25, 0.3) is 0 Å². The van der Waals surface area contributed by atoms with E-state index in [4.69, 9.17) is 4.74 Å². The van der Waals surface area contributed by atoms with Gasteiger partial charge in [-0.2, -0.15) is 0 Å². The second-order valence-electron chi connectivity index (χ2n) is 4.41. The average molecular weight is 313 g/mol. The molecule has 0 heterocycles. The van der Waals surface area contributed by atoms with Crippen LogP contribution in [0.1, 0.15) is 34.1 Å². The predicted octanol–water partition coefficient (Wildman–Crippen LogP) is 3.27. The van der Waals surface area contributed by atoms with Crippen molar-refractivity contribution in [1.29, 1.82) is 0 Å². The Morgan fingerprint density at radius 3 is 2.36 bits per heavy atom. The zero-order valence-electron chi connectivity index (χ0n) is 9.47. The molecule has 0 atom stereocenters. The second kappa shape index (κ2) is 6.48. The molecule has 0 spiro atoms. The van der Waals surface area contributed by atoms with Crippen LogP contribution in [0.5, 0.6) is 0 Å². The van der Waals surface area contributed by atoms with Crippen molar-refractivity contribution in [2.75, 3.05) is 17.7 Å². The number of ether oxygens (including phenoxy) is 1. The van der Waals surface area contributed by atoms with Gasteiger partial charge < -0.3 is 9.64 Å². The summed E-state index contributed by atoms with van der Waals surface area (Å²) in [5.74, 6) is 0. The third-order valence-corrected chi connectivity index (χ3v) is 2.26. The minimum absolute atomic E-state index is 0.203. The minimum Gasteiger partial charge on any atom is -0.439 e. The van der Waals surface area contributed by atoms with Crippen LogP contribution in [0.4, 0.5) is 4.79 Å². The van der Waals surface area contributed by atoms with E-state index in [-0.39, 0.29) is 11.5 Å². The Hall–Kier alpha value is 0. The first-order valence-electron chi connectivity index (χ1n) is 4.88. The van der Waals surface area contributed by atoms with E-state index in [2.05, 4.69) is 20.8 Å². The van der Waals surface area contributed by atoms with E-state index in [9.17, 15) is 4.79 Å². The zero-order valence-corrected chi connectivity index (χ0v) is 11.6. The number of hydrogen-bond donors (Lipinski definition) is 0. The van der Waals surface area contributed by atoms with Crippen molar-refractivity contribution in [1.82, 2.24) is 4.90 Å². The smallest absolute Gasteiger partial charge is 0.410 e. The molecule has 0 aliphatic heterocycles. The number of halogens is 1. The lowest BCUT2D eigenvalue weighted by Gasteiger charge is -2.24. The second-order valence-corrected chi connectivity index (χ2v) is 5.03. The van der Waals surface area contributed by atoms with Crippen LogP contribution in [0.25, 0.3) is 0 Å². The van der Waals surface area contributed by atoms with Crippen molar-refractivity contribution >= 4 is 28.7 Å². The van der Waals surface area contributed by atoms with Gasteiger partial charge in [-0.3, -0.25) is 0 Å². The van der Waals surface area contributed by atoms with E-state index < -0.39 is 0 Å². The molecule has 0 radical (unpaired) electrons. The van der Waals surface area contributed by atoms with Crippen LogP contribution in [0.15, 0.2) is 0 Å². The maximum Gasteiger partial charge on any atom is 0.410 e.